The van der Waals surface area contributed by atoms with E-state index < -0.39 is 0 Å². The minimum atomic E-state index is -0.106. The van der Waals surface area contributed by atoms with Gasteiger partial charge in [0.15, 0.2) is 0 Å². The fourth-order valence-corrected chi connectivity index (χ4v) is 2.50. The van der Waals surface area contributed by atoms with Crippen LogP contribution in [0, 0.1) is 13.8 Å². The number of carbonyl (C=O) groups is 1. The number of benzene rings is 2. The minimum absolute atomic E-state index is 0.106. The van der Waals surface area contributed by atoms with E-state index in [4.69, 9.17) is 0 Å². The van der Waals surface area contributed by atoms with Gasteiger partial charge in [-0.05, 0) is 59.1 Å². The lowest BCUT2D eigenvalue weighted by Crippen LogP contribution is -2.14. The highest BCUT2D eigenvalue weighted by atomic mass is 79.9. The van der Waals surface area contributed by atoms with Gasteiger partial charge >= 0.3 is 0 Å². The summed E-state index contributed by atoms with van der Waals surface area (Å²) >= 11 is 6.88. The Morgan fingerprint density at radius 3 is 2.53 bits per heavy atom. The summed E-state index contributed by atoms with van der Waals surface area (Å²) in [5, 5.41) is 2.93. The number of aryl methyl sites for hydroxylation is 2. The Kier molecular flexibility index (Phi) is 4.42. The van der Waals surface area contributed by atoms with Gasteiger partial charge < -0.3 is 5.32 Å². The van der Waals surface area contributed by atoms with E-state index >= 15 is 0 Å². The molecule has 1 amide bonds. The second-order valence-electron chi connectivity index (χ2n) is 4.35. The van der Waals surface area contributed by atoms with Gasteiger partial charge in [0.2, 0.25) is 0 Å². The van der Waals surface area contributed by atoms with Crippen molar-refractivity contribution in [3.8, 4) is 0 Å². The summed E-state index contributed by atoms with van der Waals surface area (Å²) in [7, 11) is 0. The zero-order valence-electron chi connectivity index (χ0n) is 10.6. The van der Waals surface area contributed by atoms with Crippen molar-refractivity contribution in [3.63, 3.8) is 0 Å². The standard InChI is InChI=1S/C15H13Br2NO/c1-9-6-7-11(16)8-12(9)15(19)18-13-5-3-4-10(2)14(13)17/h3-8H,1-2H3,(H,18,19). The maximum atomic E-state index is 12.3. The first-order chi connectivity index (χ1) is 8.99. The Labute approximate surface area is 129 Å². The molecule has 0 radical (unpaired) electrons. The third kappa shape index (κ3) is 3.25. The Morgan fingerprint density at radius 2 is 1.79 bits per heavy atom. The first-order valence-electron chi connectivity index (χ1n) is 5.81. The van der Waals surface area contributed by atoms with Gasteiger partial charge in [-0.3, -0.25) is 4.79 Å². The van der Waals surface area contributed by atoms with Gasteiger partial charge in [0.25, 0.3) is 5.91 Å². The molecule has 0 aliphatic rings. The SMILES string of the molecule is Cc1ccc(Br)cc1C(=O)Nc1cccc(C)c1Br. The normalized spacial score (nSPS) is 10.3. The van der Waals surface area contributed by atoms with Crippen LogP contribution in [-0.2, 0) is 0 Å². The molecule has 0 unspecified atom stereocenters. The summed E-state index contributed by atoms with van der Waals surface area (Å²) in [6.45, 7) is 3.91. The highest BCUT2D eigenvalue weighted by Gasteiger charge is 2.11. The van der Waals surface area contributed by atoms with Crippen LogP contribution in [0.15, 0.2) is 45.3 Å². The van der Waals surface area contributed by atoms with Crippen LogP contribution in [0.5, 0.6) is 0 Å². The number of carbonyl (C=O) groups excluding carboxylic acids is 1. The van der Waals surface area contributed by atoms with Gasteiger partial charge in [-0.25, -0.2) is 0 Å². The average Bonchev–Trinajstić information content (AvgIpc) is 2.38. The predicted octanol–water partition coefficient (Wildman–Crippen LogP) is 5.08. The van der Waals surface area contributed by atoms with Gasteiger partial charge in [-0.1, -0.05) is 34.1 Å². The van der Waals surface area contributed by atoms with E-state index in [1.165, 1.54) is 0 Å². The van der Waals surface area contributed by atoms with E-state index in [2.05, 4.69) is 37.2 Å². The maximum Gasteiger partial charge on any atom is 0.255 e. The first-order valence-corrected chi connectivity index (χ1v) is 7.40. The summed E-state index contributed by atoms with van der Waals surface area (Å²) in [5.41, 5.74) is 3.49. The van der Waals surface area contributed by atoms with Gasteiger partial charge in [0, 0.05) is 14.5 Å². The molecular weight excluding hydrogens is 370 g/mol. The molecule has 0 aromatic heterocycles. The van der Waals surface area contributed by atoms with Crippen molar-refractivity contribution < 1.29 is 4.79 Å². The van der Waals surface area contributed by atoms with Gasteiger partial charge in [0.05, 0.1) is 5.69 Å². The molecule has 4 heteroatoms. The van der Waals surface area contributed by atoms with Crippen LogP contribution >= 0.6 is 31.9 Å². The van der Waals surface area contributed by atoms with Gasteiger partial charge in [0.1, 0.15) is 0 Å². The largest absolute Gasteiger partial charge is 0.321 e. The lowest BCUT2D eigenvalue weighted by atomic mass is 10.1. The molecule has 2 rings (SSSR count). The molecule has 0 aliphatic heterocycles. The summed E-state index contributed by atoms with van der Waals surface area (Å²) in [6, 6.07) is 11.5. The molecule has 0 heterocycles. The molecule has 0 fully saturated rings. The van der Waals surface area contributed by atoms with Crippen LogP contribution in [0.4, 0.5) is 5.69 Å². The molecule has 2 aromatic rings. The van der Waals surface area contributed by atoms with Crippen LogP contribution in [-0.4, -0.2) is 5.91 Å². The lowest BCUT2D eigenvalue weighted by molar-refractivity contribution is 0.102. The highest BCUT2D eigenvalue weighted by molar-refractivity contribution is 9.11. The quantitative estimate of drug-likeness (QED) is 0.770. The average molecular weight is 383 g/mol. The van der Waals surface area contributed by atoms with Crippen LogP contribution in [0.3, 0.4) is 0 Å². The van der Waals surface area contributed by atoms with Crippen molar-refractivity contribution in [1.82, 2.24) is 0 Å². The number of nitrogens with one attached hydrogen (secondary N) is 1. The van der Waals surface area contributed by atoms with Crippen LogP contribution in [0.25, 0.3) is 0 Å². The number of anilines is 1. The topological polar surface area (TPSA) is 29.1 Å². The molecule has 1 N–H and O–H groups in total. The van der Waals surface area contributed by atoms with Crippen molar-refractivity contribution in [2.45, 2.75) is 13.8 Å². The second kappa shape index (κ2) is 5.88. The number of hydrogen-bond acceptors (Lipinski definition) is 1. The lowest BCUT2D eigenvalue weighted by Gasteiger charge is -2.11. The number of rotatable bonds is 2. The van der Waals surface area contributed by atoms with Crippen molar-refractivity contribution in [3.05, 3.63) is 62.0 Å². The molecule has 0 atom stereocenters. The van der Waals surface area contributed by atoms with Gasteiger partial charge in [-0.15, -0.1) is 0 Å². The molecule has 0 saturated heterocycles. The first kappa shape index (κ1) is 14.3. The van der Waals surface area contributed by atoms with Crippen molar-refractivity contribution >= 4 is 43.5 Å². The van der Waals surface area contributed by atoms with E-state index in [-0.39, 0.29) is 5.91 Å². The number of amides is 1. The molecule has 98 valence electrons. The molecule has 0 spiro atoms. The zero-order valence-corrected chi connectivity index (χ0v) is 13.8. The van der Waals surface area contributed by atoms with Crippen molar-refractivity contribution in [2.75, 3.05) is 5.32 Å². The number of hydrogen-bond donors (Lipinski definition) is 1. The predicted molar refractivity (Wildman–Crippen MR) is 85.7 cm³/mol. The zero-order chi connectivity index (χ0) is 14.0. The fourth-order valence-electron chi connectivity index (χ4n) is 1.77. The fraction of sp³-hybridized carbons (Fsp3) is 0.133. The maximum absolute atomic E-state index is 12.3. The highest BCUT2D eigenvalue weighted by Crippen LogP contribution is 2.26. The van der Waals surface area contributed by atoms with Crippen LogP contribution < -0.4 is 5.32 Å². The third-order valence-electron chi connectivity index (χ3n) is 2.88. The smallest absolute Gasteiger partial charge is 0.255 e. The minimum Gasteiger partial charge on any atom is -0.321 e. The van der Waals surface area contributed by atoms with E-state index in [1.807, 2.05) is 50.2 Å². The molecular formula is C15H13Br2NO. The van der Waals surface area contributed by atoms with E-state index in [1.54, 1.807) is 0 Å². The van der Waals surface area contributed by atoms with Crippen molar-refractivity contribution in [2.24, 2.45) is 0 Å². The summed E-state index contributed by atoms with van der Waals surface area (Å²) in [5.74, 6) is -0.106. The molecule has 19 heavy (non-hydrogen) atoms. The van der Waals surface area contributed by atoms with Crippen LogP contribution in [0.1, 0.15) is 21.5 Å². The summed E-state index contributed by atoms with van der Waals surface area (Å²) in [6.07, 6.45) is 0. The molecule has 2 aromatic carbocycles. The molecule has 0 aliphatic carbocycles. The molecule has 0 bridgehead atoms. The third-order valence-corrected chi connectivity index (χ3v) is 4.43. The Balaban J connectivity index is 2.31. The Bertz CT molecular complexity index is 638. The van der Waals surface area contributed by atoms with E-state index in [9.17, 15) is 4.79 Å². The van der Waals surface area contributed by atoms with E-state index in [0.29, 0.717) is 5.56 Å². The van der Waals surface area contributed by atoms with Gasteiger partial charge in [-0.2, -0.15) is 0 Å². The van der Waals surface area contributed by atoms with E-state index in [0.717, 1.165) is 25.8 Å². The number of halogens is 2. The Morgan fingerprint density at radius 1 is 1.05 bits per heavy atom. The Hall–Kier alpha value is -1.13. The summed E-state index contributed by atoms with van der Waals surface area (Å²) in [4.78, 5) is 12.3. The second-order valence-corrected chi connectivity index (χ2v) is 6.06. The molecule has 0 saturated carbocycles. The van der Waals surface area contributed by atoms with Crippen LogP contribution in [0.2, 0.25) is 0 Å². The summed E-state index contributed by atoms with van der Waals surface area (Å²) < 4.78 is 1.81. The monoisotopic (exact) mass is 381 g/mol. The van der Waals surface area contributed by atoms with Crippen molar-refractivity contribution in [1.29, 1.82) is 0 Å². The molecule has 2 nitrogen and oxygen atoms in total.